The molecule has 114 valence electrons. The number of benzene rings is 2. The molecule has 7 heteroatoms. The molecule has 0 atom stereocenters. The second-order valence-corrected chi connectivity index (χ2v) is 4.58. The molecule has 0 radical (unpaired) electrons. The van der Waals surface area contributed by atoms with Gasteiger partial charge in [0.05, 0.1) is 11.1 Å². The van der Waals surface area contributed by atoms with E-state index < -0.39 is 23.4 Å². The molecule has 0 unspecified atom stereocenters. The van der Waals surface area contributed by atoms with Crippen molar-refractivity contribution in [2.75, 3.05) is 0 Å². The SMILES string of the molecule is O=C(O)c1cc(O)c(Cc2c(O)cccc2C(=O)O)c(O)c1. The van der Waals surface area contributed by atoms with Crippen LogP contribution in [-0.4, -0.2) is 37.5 Å². The maximum atomic E-state index is 11.2. The minimum atomic E-state index is -1.33. The summed E-state index contributed by atoms with van der Waals surface area (Å²) >= 11 is 0. The maximum absolute atomic E-state index is 11.2. The lowest BCUT2D eigenvalue weighted by Crippen LogP contribution is -2.04. The van der Waals surface area contributed by atoms with Crippen LogP contribution in [0.2, 0.25) is 0 Å². The van der Waals surface area contributed by atoms with Crippen LogP contribution in [0.1, 0.15) is 31.8 Å². The molecular weight excluding hydrogens is 292 g/mol. The first-order valence-corrected chi connectivity index (χ1v) is 6.13. The molecule has 5 N–H and O–H groups in total. The number of hydrogen-bond donors (Lipinski definition) is 5. The summed E-state index contributed by atoms with van der Waals surface area (Å²) in [4.78, 5) is 22.0. The Kier molecular flexibility index (Phi) is 3.89. The van der Waals surface area contributed by atoms with E-state index in [4.69, 9.17) is 10.2 Å². The Bertz CT molecular complexity index is 741. The van der Waals surface area contributed by atoms with Crippen molar-refractivity contribution >= 4 is 11.9 Å². The summed E-state index contributed by atoms with van der Waals surface area (Å²) < 4.78 is 0. The van der Waals surface area contributed by atoms with Gasteiger partial charge in [0.15, 0.2) is 0 Å². The van der Waals surface area contributed by atoms with E-state index in [-0.39, 0.29) is 34.4 Å². The molecule has 7 nitrogen and oxygen atoms in total. The van der Waals surface area contributed by atoms with Crippen molar-refractivity contribution in [3.63, 3.8) is 0 Å². The molecule has 0 spiro atoms. The summed E-state index contributed by atoms with van der Waals surface area (Å²) in [6, 6.07) is 5.80. The second kappa shape index (κ2) is 5.65. The van der Waals surface area contributed by atoms with Crippen LogP contribution in [-0.2, 0) is 6.42 Å². The highest BCUT2D eigenvalue weighted by Crippen LogP contribution is 2.34. The Morgan fingerprint density at radius 1 is 0.818 bits per heavy atom. The van der Waals surface area contributed by atoms with Crippen LogP contribution >= 0.6 is 0 Å². The maximum Gasteiger partial charge on any atom is 0.336 e. The first kappa shape index (κ1) is 15.2. The zero-order chi connectivity index (χ0) is 16.4. The number of rotatable bonds is 4. The van der Waals surface area contributed by atoms with Gasteiger partial charge in [-0.3, -0.25) is 0 Å². The molecule has 0 aliphatic carbocycles. The molecule has 0 amide bonds. The lowest BCUT2D eigenvalue weighted by molar-refractivity contribution is 0.0685. The highest BCUT2D eigenvalue weighted by molar-refractivity contribution is 5.91. The van der Waals surface area contributed by atoms with Crippen molar-refractivity contribution in [2.24, 2.45) is 0 Å². The van der Waals surface area contributed by atoms with Gasteiger partial charge in [-0.2, -0.15) is 0 Å². The number of phenols is 3. The summed E-state index contributed by atoms with van der Waals surface area (Å²) in [6.45, 7) is 0. The third-order valence-electron chi connectivity index (χ3n) is 3.19. The third kappa shape index (κ3) is 2.78. The van der Waals surface area contributed by atoms with Crippen LogP contribution in [0.3, 0.4) is 0 Å². The number of hydrogen-bond acceptors (Lipinski definition) is 5. The van der Waals surface area contributed by atoms with Gasteiger partial charge in [-0.15, -0.1) is 0 Å². The summed E-state index contributed by atoms with van der Waals surface area (Å²) in [7, 11) is 0. The molecule has 0 bridgehead atoms. The number of phenolic OH excluding ortho intramolecular Hbond substituents is 3. The van der Waals surface area contributed by atoms with Gasteiger partial charge in [-0.25, -0.2) is 9.59 Å². The quantitative estimate of drug-likeness (QED) is 0.581. The van der Waals surface area contributed by atoms with Gasteiger partial charge >= 0.3 is 11.9 Å². The molecule has 22 heavy (non-hydrogen) atoms. The van der Waals surface area contributed by atoms with Crippen molar-refractivity contribution in [3.05, 3.63) is 52.6 Å². The van der Waals surface area contributed by atoms with Crippen LogP contribution in [0.25, 0.3) is 0 Å². The van der Waals surface area contributed by atoms with Crippen LogP contribution in [0.15, 0.2) is 30.3 Å². The average molecular weight is 304 g/mol. The van der Waals surface area contributed by atoms with Crippen LogP contribution in [0.5, 0.6) is 17.2 Å². The van der Waals surface area contributed by atoms with Gasteiger partial charge < -0.3 is 25.5 Å². The van der Waals surface area contributed by atoms with Gasteiger partial charge in [-0.1, -0.05) is 6.07 Å². The fraction of sp³-hybridized carbons (Fsp3) is 0.0667. The number of aromatic carboxylic acids is 2. The van der Waals surface area contributed by atoms with E-state index in [9.17, 15) is 24.9 Å². The van der Waals surface area contributed by atoms with Crippen molar-refractivity contribution in [2.45, 2.75) is 6.42 Å². The lowest BCUT2D eigenvalue weighted by atomic mass is 9.96. The van der Waals surface area contributed by atoms with Crippen LogP contribution in [0.4, 0.5) is 0 Å². The molecule has 0 aromatic heterocycles. The first-order valence-electron chi connectivity index (χ1n) is 6.13. The van der Waals surface area contributed by atoms with Crippen LogP contribution in [0, 0.1) is 0 Å². The first-order chi connectivity index (χ1) is 10.3. The third-order valence-corrected chi connectivity index (χ3v) is 3.19. The molecule has 0 saturated heterocycles. The van der Waals surface area contributed by atoms with Gasteiger partial charge in [-0.05, 0) is 24.3 Å². The molecule has 2 aromatic rings. The topological polar surface area (TPSA) is 135 Å². The highest BCUT2D eigenvalue weighted by Gasteiger charge is 2.19. The van der Waals surface area contributed by atoms with Gasteiger partial charge in [0.25, 0.3) is 0 Å². The second-order valence-electron chi connectivity index (χ2n) is 4.58. The normalized spacial score (nSPS) is 10.4. The zero-order valence-corrected chi connectivity index (χ0v) is 11.1. The Labute approximate surface area is 124 Å². The summed E-state index contributed by atoms with van der Waals surface area (Å²) in [5.74, 6) is -3.91. The van der Waals surface area contributed by atoms with Crippen molar-refractivity contribution < 1.29 is 35.1 Å². The minimum Gasteiger partial charge on any atom is -0.508 e. The molecule has 2 aromatic carbocycles. The molecule has 0 saturated carbocycles. The van der Waals surface area contributed by atoms with Crippen LogP contribution < -0.4 is 0 Å². The van der Waals surface area contributed by atoms with Gasteiger partial charge in [0.2, 0.25) is 0 Å². The average Bonchev–Trinajstić information content (AvgIpc) is 2.43. The van der Waals surface area contributed by atoms with E-state index in [0.717, 1.165) is 12.1 Å². The van der Waals surface area contributed by atoms with E-state index in [1.165, 1.54) is 18.2 Å². The number of carbonyl (C=O) groups is 2. The largest absolute Gasteiger partial charge is 0.508 e. The Morgan fingerprint density at radius 3 is 1.91 bits per heavy atom. The monoisotopic (exact) mass is 304 g/mol. The fourth-order valence-corrected chi connectivity index (χ4v) is 2.08. The van der Waals surface area contributed by atoms with E-state index >= 15 is 0 Å². The van der Waals surface area contributed by atoms with E-state index in [2.05, 4.69) is 0 Å². The van der Waals surface area contributed by atoms with Crippen molar-refractivity contribution in [1.29, 1.82) is 0 Å². The lowest BCUT2D eigenvalue weighted by Gasteiger charge is -2.12. The highest BCUT2D eigenvalue weighted by atomic mass is 16.4. The number of aromatic hydroxyl groups is 3. The molecular formula is C15H12O7. The van der Waals surface area contributed by atoms with E-state index in [1.54, 1.807) is 0 Å². The van der Waals surface area contributed by atoms with Crippen molar-refractivity contribution in [1.82, 2.24) is 0 Å². The standard InChI is InChI=1S/C15H12O7/c16-11-3-1-2-8(15(21)22)9(11)6-10-12(17)4-7(14(19)20)5-13(10)18/h1-5,16-18H,6H2,(H,19,20)(H,21,22). The molecule has 2 rings (SSSR count). The predicted molar refractivity (Wildman–Crippen MR) is 74.6 cm³/mol. The van der Waals surface area contributed by atoms with Gasteiger partial charge in [0.1, 0.15) is 17.2 Å². The summed E-state index contributed by atoms with van der Waals surface area (Å²) in [6.07, 6.45) is -0.272. The smallest absolute Gasteiger partial charge is 0.336 e. The zero-order valence-electron chi connectivity index (χ0n) is 11.1. The van der Waals surface area contributed by atoms with E-state index in [1.807, 2.05) is 0 Å². The Hall–Kier alpha value is -3.22. The summed E-state index contributed by atoms with van der Waals surface area (Å²) in [5.41, 5.74) is -0.562. The van der Waals surface area contributed by atoms with Gasteiger partial charge in [0, 0.05) is 17.5 Å². The number of carboxylic acid groups (broad SMARTS) is 2. The Morgan fingerprint density at radius 2 is 1.41 bits per heavy atom. The molecule has 0 heterocycles. The fourth-order valence-electron chi connectivity index (χ4n) is 2.08. The molecule has 0 aliphatic heterocycles. The van der Waals surface area contributed by atoms with E-state index in [0.29, 0.717) is 0 Å². The molecule has 0 aliphatic rings. The number of carboxylic acids is 2. The van der Waals surface area contributed by atoms with Crippen molar-refractivity contribution in [3.8, 4) is 17.2 Å². The summed E-state index contributed by atoms with van der Waals surface area (Å²) in [5, 5.41) is 47.5. The predicted octanol–water partition coefficient (Wildman–Crippen LogP) is 1.79. The Balaban J connectivity index is 2.53. The minimum absolute atomic E-state index is 0.00340. The molecule has 0 fully saturated rings.